The van der Waals surface area contributed by atoms with Gasteiger partial charge in [0.25, 0.3) is 5.91 Å². The van der Waals surface area contributed by atoms with Gasteiger partial charge < -0.3 is 15.4 Å². The highest BCUT2D eigenvalue weighted by atomic mass is 16.5. The van der Waals surface area contributed by atoms with Crippen molar-refractivity contribution in [1.29, 1.82) is 0 Å². The second-order valence-corrected chi connectivity index (χ2v) is 5.74. The fraction of sp³-hybridized carbons (Fsp3) is 0.316. The molecule has 0 saturated carbocycles. The number of para-hydroxylation sites is 1. The molecule has 1 heterocycles. The standard InChI is InChI=1S/C19H22N2O2/c1-2-14-7-3-4-11-18(14)23-13-19(22)21-12-6-8-15-16(20)9-5-10-17(15)21/h3-5,7,9-11H,2,6,8,12-13,20H2,1H3. The maximum Gasteiger partial charge on any atom is 0.264 e. The largest absolute Gasteiger partial charge is 0.483 e. The van der Waals surface area contributed by atoms with Gasteiger partial charge in [0.05, 0.1) is 0 Å². The third kappa shape index (κ3) is 3.16. The molecule has 0 radical (unpaired) electrons. The number of fused-ring (bicyclic) bond motifs is 1. The van der Waals surface area contributed by atoms with Crippen LogP contribution in [0.1, 0.15) is 24.5 Å². The summed E-state index contributed by atoms with van der Waals surface area (Å²) in [6, 6.07) is 13.6. The van der Waals surface area contributed by atoms with Gasteiger partial charge in [-0.1, -0.05) is 31.2 Å². The summed E-state index contributed by atoms with van der Waals surface area (Å²) in [4.78, 5) is 14.4. The number of anilines is 2. The second-order valence-electron chi connectivity index (χ2n) is 5.74. The van der Waals surface area contributed by atoms with E-state index in [0.29, 0.717) is 6.54 Å². The first-order valence-electron chi connectivity index (χ1n) is 8.09. The van der Waals surface area contributed by atoms with Crippen molar-refractivity contribution in [3.05, 3.63) is 53.6 Å². The molecule has 1 aliphatic rings. The molecule has 23 heavy (non-hydrogen) atoms. The molecule has 0 aliphatic carbocycles. The van der Waals surface area contributed by atoms with Gasteiger partial charge in [0.15, 0.2) is 6.61 Å². The number of benzene rings is 2. The molecule has 0 bridgehead atoms. The molecule has 2 aromatic rings. The molecular formula is C19H22N2O2. The summed E-state index contributed by atoms with van der Waals surface area (Å²) in [6.45, 7) is 2.84. The average molecular weight is 310 g/mol. The number of nitrogens with two attached hydrogens (primary N) is 1. The first kappa shape index (κ1) is 15.4. The minimum absolute atomic E-state index is 0.0255. The Labute approximate surface area is 136 Å². The molecule has 0 saturated heterocycles. The maximum atomic E-state index is 12.6. The molecule has 120 valence electrons. The van der Waals surface area contributed by atoms with Crippen LogP contribution in [0.5, 0.6) is 5.75 Å². The van der Waals surface area contributed by atoms with Gasteiger partial charge in [0.2, 0.25) is 0 Å². The van der Waals surface area contributed by atoms with Crippen LogP contribution < -0.4 is 15.4 Å². The third-order valence-electron chi connectivity index (χ3n) is 4.29. The predicted octanol–water partition coefficient (Wildman–Crippen LogP) is 3.19. The Hall–Kier alpha value is -2.49. The zero-order valence-electron chi connectivity index (χ0n) is 13.4. The lowest BCUT2D eigenvalue weighted by Crippen LogP contribution is -2.38. The highest BCUT2D eigenvalue weighted by Crippen LogP contribution is 2.31. The molecule has 2 N–H and O–H groups in total. The fourth-order valence-electron chi connectivity index (χ4n) is 3.06. The number of nitrogen functional groups attached to an aromatic ring is 1. The van der Waals surface area contributed by atoms with Gasteiger partial charge >= 0.3 is 0 Å². The molecule has 0 aromatic heterocycles. The van der Waals surface area contributed by atoms with E-state index >= 15 is 0 Å². The van der Waals surface area contributed by atoms with Gasteiger partial charge in [-0.05, 0) is 48.6 Å². The molecule has 0 fully saturated rings. The minimum atomic E-state index is -0.0255. The van der Waals surface area contributed by atoms with Gasteiger partial charge in [-0.15, -0.1) is 0 Å². The van der Waals surface area contributed by atoms with Crippen LogP contribution in [0.3, 0.4) is 0 Å². The lowest BCUT2D eigenvalue weighted by molar-refractivity contribution is -0.120. The van der Waals surface area contributed by atoms with E-state index < -0.39 is 0 Å². The Morgan fingerprint density at radius 2 is 2.04 bits per heavy atom. The Bertz CT molecular complexity index is 712. The highest BCUT2D eigenvalue weighted by molar-refractivity contribution is 5.96. The molecule has 4 nitrogen and oxygen atoms in total. The molecule has 1 aliphatic heterocycles. The van der Waals surface area contributed by atoms with E-state index in [1.54, 1.807) is 4.90 Å². The average Bonchev–Trinajstić information content (AvgIpc) is 2.60. The van der Waals surface area contributed by atoms with Crippen LogP contribution in [-0.2, 0) is 17.6 Å². The molecule has 0 atom stereocenters. The summed E-state index contributed by atoms with van der Waals surface area (Å²) in [7, 11) is 0. The van der Waals surface area contributed by atoms with Gasteiger partial charge in [-0.25, -0.2) is 0 Å². The van der Waals surface area contributed by atoms with Crippen LogP contribution in [0.4, 0.5) is 11.4 Å². The smallest absolute Gasteiger partial charge is 0.264 e. The monoisotopic (exact) mass is 310 g/mol. The van der Waals surface area contributed by atoms with Crippen molar-refractivity contribution in [2.75, 3.05) is 23.8 Å². The Balaban J connectivity index is 1.74. The molecule has 0 unspecified atom stereocenters. The number of carbonyl (C=O) groups is 1. The van der Waals surface area contributed by atoms with Gasteiger partial charge in [0.1, 0.15) is 5.75 Å². The molecule has 2 aromatic carbocycles. The van der Waals surface area contributed by atoms with E-state index in [0.717, 1.165) is 47.5 Å². The molecule has 1 amide bonds. The summed E-state index contributed by atoms with van der Waals surface area (Å²) in [5, 5.41) is 0. The quantitative estimate of drug-likeness (QED) is 0.882. The van der Waals surface area contributed by atoms with E-state index in [1.807, 2.05) is 42.5 Å². The number of nitrogens with zero attached hydrogens (tertiary/aromatic N) is 1. The first-order valence-corrected chi connectivity index (χ1v) is 8.09. The van der Waals surface area contributed by atoms with Crippen LogP contribution in [0.25, 0.3) is 0 Å². The summed E-state index contributed by atoms with van der Waals surface area (Å²) >= 11 is 0. The second kappa shape index (κ2) is 6.73. The summed E-state index contributed by atoms with van der Waals surface area (Å²) < 4.78 is 5.77. The van der Waals surface area contributed by atoms with Crippen molar-refractivity contribution in [3.63, 3.8) is 0 Å². The number of hydrogen-bond donors (Lipinski definition) is 1. The summed E-state index contributed by atoms with van der Waals surface area (Å²) in [5.41, 5.74) is 9.91. The van der Waals surface area contributed by atoms with Crippen molar-refractivity contribution >= 4 is 17.3 Å². The van der Waals surface area contributed by atoms with Crippen LogP contribution >= 0.6 is 0 Å². The molecular weight excluding hydrogens is 288 g/mol. The maximum absolute atomic E-state index is 12.6. The van der Waals surface area contributed by atoms with E-state index in [4.69, 9.17) is 10.5 Å². The number of ether oxygens (including phenoxy) is 1. The van der Waals surface area contributed by atoms with Crippen LogP contribution in [0.15, 0.2) is 42.5 Å². The lowest BCUT2D eigenvalue weighted by Gasteiger charge is -2.30. The normalized spacial score (nSPS) is 13.5. The van der Waals surface area contributed by atoms with Gasteiger partial charge in [0, 0.05) is 17.9 Å². The number of hydrogen-bond acceptors (Lipinski definition) is 3. The first-order chi connectivity index (χ1) is 11.2. The van der Waals surface area contributed by atoms with E-state index in [2.05, 4.69) is 6.92 Å². The SMILES string of the molecule is CCc1ccccc1OCC(=O)N1CCCc2c(N)cccc21. The zero-order valence-corrected chi connectivity index (χ0v) is 13.4. The molecule has 4 heteroatoms. The molecule has 3 rings (SSSR count). The van der Waals surface area contributed by atoms with E-state index in [-0.39, 0.29) is 12.5 Å². The van der Waals surface area contributed by atoms with Crippen LogP contribution in [-0.4, -0.2) is 19.1 Å². The number of amides is 1. The predicted molar refractivity (Wildman–Crippen MR) is 92.8 cm³/mol. The minimum Gasteiger partial charge on any atom is -0.483 e. The Morgan fingerprint density at radius 1 is 1.22 bits per heavy atom. The lowest BCUT2D eigenvalue weighted by atomic mass is 10.00. The van der Waals surface area contributed by atoms with Crippen molar-refractivity contribution in [2.24, 2.45) is 0 Å². The van der Waals surface area contributed by atoms with E-state index in [9.17, 15) is 4.79 Å². The Morgan fingerprint density at radius 3 is 2.87 bits per heavy atom. The zero-order chi connectivity index (χ0) is 16.2. The topological polar surface area (TPSA) is 55.6 Å². The van der Waals surface area contributed by atoms with Crippen molar-refractivity contribution in [1.82, 2.24) is 0 Å². The summed E-state index contributed by atoms with van der Waals surface area (Å²) in [5.74, 6) is 0.760. The Kier molecular flexibility index (Phi) is 4.51. The molecule has 0 spiro atoms. The third-order valence-corrected chi connectivity index (χ3v) is 4.29. The summed E-state index contributed by atoms with van der Waals surface area (Å²) in [6.07, 6.45) is 2.73. The van der Waals surface area contributed by atoms with Gasteiger partial charge in [-0.3, -0.25) is 4.79 Å². The fourth-order valence-corrected chi connectivity index (χ4v) is 3.06. The van der Waals surface area contributed by atoms with E-state index in [1.165, 1.54) is 0 Å². The van der Waals surface area contributed by atoms with Crippen molar-refractivity contribution in [2.45, 2.75) is 26.2 Å². The number of aryl methyl sites for hydroxylation is 1. The highest BCUT2D eigenvalue weighted by Gasteiger charge is 2.24. The van der Waals surface area contributed by atoms with Gasteiger partial charge in [-0.2, -0.15) is 0 Å². The van der Waals surface area contributed by atoms with Crippen molar-refractivity contribution in [3.8, 4) is 5.75 Å². The van der Waals surface area contributed by atoms with Crippen LogP contribution in [0, 0.1) is 0 Å². The number of rotatable bonds is 4. The van der Waals surface area contributed by atoms with Crippen molar-refractivity contribution < 1.29 is 9.53 Å². The van der Waals surface area contributed by atoms with Crippen LogP contribution in [0.2, 0.25) is 0 Å². The number of carbonyl (C=O) groups excluding carboxylic acids is 1.